The number of para-hydroxylation sites is 1. The van der Waals surface area contributed by atoms with Gasteiger partial charge in [0.2, 0.25) is 5.88 Å². The van der Waals surface area contributed by atoms with E-state index >= 15 is 0 Å². The highest BCUT2D eigenvalue weighted by Gasteiger charge is 2.08. The average Bonchev–Trinajstić information content (AvgIpc) is 2.95. The summed E-state index contributed by atoms with van der Waals surface area (Å²) >= 11 is 0. The number of fused-ring (bicyclic) bond motifs is 1. The van der Waals surface area contributed by atoms with E-state index in [1.807, 2.05) is 37.3 Å². The van der Waals surface area contributed by atoms with Crippen LogP contribution >= 0.6 is 0 Å². The van der Waals surface area contributed by atoms with E-state index in [1.54, 1.807) is 4.68 Å². The summed E-state index contributed by atoms with van der Waals surface area (Å²) < 4.78 is 7.55. The van der Waals surface area contributed by atoms with Crippen LogP contribution in [0, 0.1) is 0 Å². The standard InChI is InChI=1S/C18H25N3O/c1-4-9-15(10-5-2)13-14-18(22-6-3)21-17-12-8-7-11-16(17)19-20-21/h7-8,11-14H,4-6,9-10H2,1-3H3. The summed E-state index contributed by atoms with van der Waals surface area (Å²) in [7, 11) is 0. The van der Waals surface area contributed by atoms with Crippen LogP contribution in [0.5, 0.6) is 0 Å². The number of allylic oxidation sites excluding steroid dienone is 3. The smallest absolute Gasteiger partial charge is 0.216 e. The molecule has 2 aromatic rings. The lowest BCUT2D eigenvalue weighted by molar-refractivity contribution is 0.273. The van der Waals surface area contributed by atoms with Gasteiger partial charge in [-0.1, -0.05) is 55.7 Å². The lowest BCUT2D eigenvalue weighted by atomic mass is 10.1. The van der Waals surface area contributed by atoms with Crippen LogP contribution in [0.2, 0.25) is 0 Å². The first-order valence-corrected chi connectivity index (χ1v) is 8.13. The summed E-state index contributed by atoms with van der Waals surface area (Å²) in [5.74, 6) is 0.723. The van der Waals surface area contributed by atoms with E-state index in [2.05, 4.69) is 30.2 Å². The fraction of sp³-hybridized carbons (Fsp3) is 0.444. The van der Waals surface area contributed by atoms with E-state index in [9.17, 15) is 0 Å². The number of nitrogens with zero attached hydrogens (tertiary/aromatic N) is 3. The van der Waals surface area contributed by atoms with Crippen molar-refractivity contribution < 1.29 is 4.74 Å². The van der Waals surface area contributed by atoms with Crippen molar-refractivity contribution in [2.24, 2.45) is 0 Å². The Morgan fingerprint density at radius 3 is 2.50 bits per heavy atom. The lowest BCUT2D eigenvalue weighted by Gasteiger charge is -2.09. The van der Waals surface area contributed by atoms with Gasteiger partial charge in [-0.2, -0.15) is 4.68 Å². The third kappa shape index (κ3) is 3.97. The minimum Gasteiger partial charge on any atom is -0.478 e. The maximum atomic E-state index is 5.78. The second-order valence-corrected chi connectivity index (χ2v) is 5.25. The summed E-state index contributed by atoms with van der Waals surface area (Å²) in [4.78, 5) is 0. The number of rotatable bonds is 8. The Morgan fingerprint density at radius 2 is 1.82 bits per heavy atom. The number of aromatic nitrogens is 3. The largest absolute Gasteiger partial charge is 0.478 e. The Bertz CT molecular complexity index is 647. The normalized spacial score (nSPS) is 11.7. The maximum absolute atomic E-state index is 5.78. The van der Waals surface area contributed by atoms with Crippen molar-refractivity contribution in [1.29, 1.82) is 0 Å². The summed E-state index contributed by atoms with van der Waals surface area (Å²) in [6, 6.07) is 7.91. The zero-order valence-corrected chi connectivity index (χ0v) is 13.7. The molecule has 0 saturated carbocycles. The van der Waals surface area contributed by atoms with Gasteiger partial charge in [-0.25, -0.2) is 0 Å². The Balaban J connectivity index is 2.36. The van der Waals surface area contributed by atoms with Crippen LogP contribution < -0.4 is 0 Å². The Labute approximate surface area is 132 Å². The molecule has 0 fully saturated rings. The molecule has 0 aliphatic rings. The zero-order valence-electron chi connectivity index (χ0n) is 13.7. The number of benzene rings is 1. The first kappa shape index (κ1) is 16.3. The van der Waals surface area contributed by atoms with Gasteiger partial charge < -0.3 is 4.74 Å². The minimum atomic E-state index is 0.602. The highest BCUT2D eigenvalue weighted by Crippen LogP contribution is 2.18. The van der Waals surface area contributed by atoms with Crippen LogP contribution in [-0.4, -0.2) is 21.6 Å². The van der Waals surface area contributed by atoms with Crippen LogP contribution in [0.4, 0.5) is 0 Å². The van der Waals surface area contributed by atoms with Crippen molar-refractivity contribution in [2.45, 2.75) is 46.5 Å². The molecule has 0 amide bonds. The van der Waals surface area contributed by atoms with Crippen LogP contribution in [0.3, 0.4) is 0 Å². The predicted octanol–water partition coefficient (Wildman–Crippen LogP) is 4.79. The van der Waals surface area contributed by atoms with Gasteiger partial charge in [-0.05, 0) is 31.9 Å². The molecule has 4 nitrogen and oxygen atoms in total. The topological polar surface area (TPSA) is 39.9 Å². The van der Waals surface area contributed by atoms with Crippen molar-refractivity contribution >= 4 is 16.9 Å². The van der Waals surface area contributed by atoms with Crippen molar-refractivity contribution in [3.8, 4) is 0 Å². The lowest BCUT2D eigenvalue weighted by Crippen LogP contribution is -2.03. The van der Waals surface area contributed by atoms with Crippen LogP contribution in [0.25, 0.3) is 16.9 Å². The van der Waals surface area contributed by atoms with E-state index < -0.39 is 0 Å². The Morgan fingerprint density at radius 1 is 1.09 bits per heavy atom. The van der Waals surface area contributed by atoms with E-state index in [-0.39, 0.29) is 0 Å². The molecule has 0 aliphatic carbocycles. The van der Waals surface area contributed by atoms with Gasteiger partial charge in [-0.3, -0.25) is 0 Å². The van der Waals surface area contributed by atoms with Crippen molar-refractivity contribution in [1.82, 2.24) is 15.0 Å². The van der Waals surface area contributed by atoms with Crippen molar-refractivity contribution in [3.63, 3.8) is 0 Å². The molecule has 0 unspecified atom stereocenters. The fourth-order valence-electron chi connectivity index (χ4n) is 2.48. The SMILES string of the molecule is CCCC(=CC=C(OCC)n1nnc2ccccc21)CCC. The molecule has 0 aliphatic heterocycles. The molecule has 22 heavy (non-hydrogen) atoms. The predicted molar refractivity (Wildman–Crippen MR) is 91.3 cm³/mol. The fourth-order valence-corrected chi connectivity index (χ4v) is 2.48. The van der Waals surface area contributed by atoms with Crippen LogP contribution in [-0.2, 0) is 4.74 Å². The molecule has 0 saturated heterocycles. The first-order chi connectivity index (χ1) is 10.8. The summed E-state index contributed by atoms with van der Waals surface area (Å²) in [6.07, 6.45) is 8.77. The van der Waals surface area contributed by atoms with E-state index in [0.717, 1.165) is 42.6 Å². The van der Waals surface area contributed by atoms with Crippen molar-refractivity contribution in [2.75, 3.05) is 6.61 Å². The van der Waals surface area contributed by atoms with Crippen LogP contribution in [0.1, 0.15) is 46.5 Å². The molecule has 0 radical (unpaired) electrons. The molecule has 4 heteroatoms. The molecule has 1 aromatic carbocycles. The highest BCUT2D eigenvalue weighted by atomic mass is 16.5. The van der Waals surface area contributed by atoms with Gasteiger partial charge in [0.1, 0.15) is 5.52 Å². The van der Waals surface area contributed by atoms with Gasteiger partial charge in [-0.15, -0.1) is 5.10 Å². The maximum Gasteiger partial charge on any atom is 0.216 e. The highest BCUT2D eigenvalue weighted by molar-refractivity contribution is 5.77. The third-order valence-electron chi connectivity index (χ3n) is 3.46. The number of ether oxygens (including phenoxy) is 1. The number of hydrogen-bond acceptors (Lipinski definition) is 3. The molecule has 0 atom stereocenters. The Kier molecular flexibility index (Phi) is 6.19. The molecule has 0 spiro atoms. The molecule has 2 rings (SSSR count). The van der Waals surface area contributed by atoms with Crippen molar-refractivity contribution in [3.05, 3.63) is 42.0 Å². The van der Waals surface area contributed by atoms with Gasteiger partial charge in [0.15, 0.2) is 0 Å². The van der Waals surface area contributed by atoms with E-state index in [4.69, 9.17) is 4.74 Å². The summed E-state index contributed by atoms with van der Waals surface area (Å²) in [5.41, 5.74) is 3.29. The quantitative estimate of drug-likeness (QED) is 0.519. The molecule has 0 N–H and O–H groups in total. The van der Waals surface area contributed by atoms with Gasteiger partial charge in [0, 0.05) is 6.08 Å². The summed E-state index contributed by atoms with van der Waals surface area (Å²) in [6.45, 7) is 7.00. The zero-order chi connectivity index (χ0) is 15.8. The molecular formula is C18H25N3O. The molecule has 1 aromatic heterocycles. The number of hydrogen-bond donors (Lipinski definition) is 0. The third-order valence-corrected chi connectivity index (χ3v) is 3.46. The van der Waals surface area contributed by atoms with Gasteiger partial charge in [0.05, 0.1) is 12.1 Å². The molecule has 0 bridgehead atoms. The van der Waals surface area contributed by atoms with Gasteiger partial charge in [0.25, 0.3) is 0 Å². The van der Waals surface area contributed by atoms with Crippen LogP contribution in [0.15, 0.2) is 42.0 Å². The molecule has 118 valence electrons. The second kappa shape index (κ2) is 8.37. The van der Waals surface area contributed by atoms with Gasteiger partial charge >= 0.3 is 0 Å². The molecular weight excluding hydrogens is 274 g/mol. The second-order valence-electron chi connectivity index (χ2n) is 5.25. The Hall–Kier alpha value is -2.10. The first-order valence-electron chi connectivity index (χ1n) is 8.13. The van der Waals surface area contributed by atoms with E-state index in [1.165, 1.54) is 5.57 Å². The minimum absolute atomic E-state index is 0.602. The van der Waals surface area contributed by atoms with E-state index in [0.29, 0.717) is 6.61 Å². The average molecular weight is 299 g/mol. The summed E-state index contributed by atoms with van der Waals surface area (Å²) in [5, 5.41) is 8.42. The molecule has 1 heterocycles. The monoisotopic (exact) mass is 299 g/mol.